The van der Waals surface area contributed by atoms with E-state index in [9.17, 15) is 9.59 Å². The summed E-state index contributed by atoms with van der Waals surface area (Å²) < 4.78 is 0. The summed E-state index contributed by atoms with van der Waals surface area (Å²) in [5.74, 6) is -1.41. The Morgan fingerprint density at radius 2 is 1.91 bits per heavy atom. The maximum Gasteiger partial charge on any atom is 1.00 e. The number of rotatable bonds is 3. The summed E-state index contributed by atoms with van der Waals surface area (Å²) in [4.78, 5) is 19.8. The molecular weight excluding hydrogens is 273 g/mol. The van der Waals surface area contributed by atoms with Crippen molar-refractivity contribution in [1.82, 2.24) is 0 Å². The molecule has 4 nitrogen and oxygen atoms in total. The van der Waals surface area contributed by atoms with E-state index in [0.717, 1.165) is 0 Å². The molecule has 0 aliphatic heterocycles. The molecule has 0 rings (SSSR count). The van der Waals surface area contributed by atoms with Gasteiger partial charge in [0.25, 0.3) is 0 Å². The Balaban J connectivity index is -0.000000107. The maximum absolute atomic E-state index is 10.00. The van der Waals surface area contributed by atoms with Crippen LogP contribution in [0.4, 0.5) is 0 Å². The fourth-order valence-corrected chi connectivity index (χ4v) is 0.426. The normalized spacial score (nSPS) is 10.4. The van der Waals surface area contributed by atoms with E-state index in [-0.39, 0.29) is 44.7 Å². The zero-order chi connectivity index (χ0) is 7.44. The van der Waals surface area contributed by atoms with Crippen molar-refractivity contribution in [2.45, 2.75) is 12.5 Å². The van der Waals surface area contributed by atoms with Gasteiger partial charge in [-0.2, -0.15) is 0 Å². The topological polar surface area (TPSA) is 74.6 Å². The quantitative estimate of drug-likeness (QED) is 0.364. The first-order valence-corrected chi connectivity index (χ1v) is 2.61. The van der Waals surface area contributed by atoms with Crippen molar-refractivity contribution in [3.63, 3.8) is 0 Å². The van der Waals surface area contributed by atoms with Gasteiger partial charge in [0.05, 0.1) is 6.42 Å². The van der Waals surface area contributed by atoms with Gasteiger partial charge in [0.15, 0.2) is 11.2 Å². The number of carbonyl (C=O) groups excluding carboxylic acids is 1. The van der Waals surface area contributed by atoms with E-state index in [1.54, 1.807) is 0 Å². The average Bonchev–Trinajstić information content (AvgIpc) is 1.63. The SMILES string of the molecule is O=C(S)CC(O)C(=O)O.[H-].[Li+].[Sb]. The van der Waals surface area contributed by atoms with E-state index in [1.165, 1.54) is 0 Å². The number of hydrogen-bond donors (Lipinski definition) is 3. The smallest absolute Gasteiger partial charge is 1.00 e. The summed E-state index contributed by atoms with van der Waals surface area (Å²) in [7, 11) is 0. The molecule has 0 fully saturated rings. The summed E-state index contributed by atoms with van der Waals surface area (Å²) in [5, 5.41) is 15.8. The molecule has 7 heteroatoms. The molecule has 0 aromatic rings. The first-order valence-electron chi connectivity index (χ1n) is 2.16. The van der Waals surface area contributed by atoms with Crippen molar-refractivity contribution in [2.24, 2.45) is 0 Å². The molecule has 0 aromatic carbocycles. The monoisotopic (exact) mass is 279 g/mol. The van der Waals surface area contributed by atoms with Gasteiger partial charge in [0.2, 0.25) is 0 Å². The minimum absolute atomic E-state index is 0. The van der Waals surface area contributed by atoms with Crippen LogP contribution in [0.5, 0.6) is 0 Å². The van der Waals surface area contributed by atoms with Crippen LogP contribution in [0.2, 0.25) is 0 Å². The van der Waals surface area contributed by atoms with Crippen molar-refractivity contribution < 1.29 is 40.1 Å². The zero-order valence-electron chi connectivity index (χ0n) is 6.89. The third kappa shape index (κ3) is 10.9. The predicted molar refractivity (Wildman–Crippen MR) is 39.1 cm³/mol. The number of carboxylic acid groups (broad SMARTS) is 1. The van der Waals surface area contributed by atoms with Gasteiger partial charge in [-0.15, -0.1) is 12.6 Å². The van der Waals surface area contributed by atoms with Gasteiger partial charge in [0.1, 0.15) is 0 Å². The van der Waals surface area contributed by atoms with E-state index in [4.69, 9.17) is 10.2 Å². The van der Waals surface area contributed by atoms with Crippen LogP contribution in [0.3, 0.4) is 0 Å². The second kappa shape index (κ2) is 8.96. The first-order chi connectivity index (χ1) is 4.04. The molecule has 0 amide bonds. The minimum Gasteiger partial charge on any atom is -1.00 e. The van der Waals surface area contributed by atoms with Crippen LogP contribution in [0.25, 0.3) is 0 Å². The second-order valence-corrected chi connectivity index (χ2v) is 1.95. The fourth-order valence-electron chi connectivity index (χ4n) is 0.253. The molecule has 11 heavy (non-hydrogen) atoms. The van der Waals surface area contributed by atoms with E-state index in [0.29, 0.717) is 0 Å². The number of hydrogen-bond acceptors (Lipinski definition) is 3. The third-order valence-corrected chi connectivity index (χ3v) is 0.836. The summed E-state index contributed by atoms with van der Waals surface area (Å²) in [5.41, 5.74) is 0. The van der Waals surface area contributed by atoms with Gasteiger partial charge in [-0.25, -0.2) is 4.79 Å². The van der Waals surface area contributed by atoms with Gasteiger partial charge in [0, 0.05) is 24.4 Å². The Kier molecular flexibility index (Phi) is 14.5. The Morgan fingerprint density at radius 1 is 1.55 bits per heavy atom. The third-order valence-electron chi connectivity index (χ3n) is 0.653. The van der Waals surface area contributed by atoms with Gasteiger partial charge >= 0.3 is 24.8 Å². The molecule has 0 heterocycles. The molecule has 59 valence electrons. The molecule has 0 saturated carbocycles. The summed E-state index contributed by atoms with van der Waals surface area (Å²) in [6, 6.07) is 0. The van der Waals surface area contributed by atoms with Crippen LogP contribution in [0.1, 0.15) is 7.85 Å². The average molecular weight is 280 g/mol. The Morgan fingerprint density at radius 3 is 2.00 bits per heavy atom. The molecule has 0 bridgehead atoms. The van der Waals surface area contributed by atoms with Crippen molar-refractivity contribution in [3.8, 4) is 0 Å². The summed E-state index contributed by atoms with van der Waals surface area (Å²) in [6.07, 6.45) is -2.06. The van der Waals surface area contributed by atoms with Crippen LogP contribution in [-0.4, -0.2) is 51.8 Å². The second-order valence-electron chi connectivity index (χ2n) is 1.45. The van der Waals surface area contributed by atoms with Gasteiger partial charge in [-0.05, 0) is 0 Å². The van der Waals surface area contributed by atoms with Crippen molar-refractivity contribution >= 4 is 48.1 Å². The van der Waals surface area contributed by atoms with Gasteiger partial charge < -0.3 is 11.6 Å². The van der Waals surface area contributed by atoms with Crippen LogP contribution in [0, 0.1) is 0 Å². The summed E-state index contributed by atoms with van der Waals surface area (Å²) in [6.45, 7) is 0. The molecule has 2 N–H and O–H groups in total. The molecule has 0 aromatic heterocycles. The van der Waals surface area contributed by atoms with Crippen molar-refractivity contribution in [2.75, 3.05) is 0 Å². The molecule has 3 radical (unpaired) electrons. The van der Waals surface area contributed by atoms with Crippen LogP contribution in [-0.2, 0) is 9.59 Å². The number of aliphatic carboxylic acids is 1. The molecule has 0 saturated heterocycles. The number of carboxylic acids is 1. The molecular formula is C4H7LiO4SSb. The number of carbonyl (C=O) groups is 2. The van der Waals surface area contributed by atoms with Crippen LogP contribution < -0.4 is 18.9 Å². The Hall–Kier alpha value is 0.866. The number of aliphatic hydroxyl groups excluding tert-OH is 1. The molecule has 0 aliphatic rings. The molecule has 0 aliphatic carbocycles. The summed E-state index contributed by atoms with van der Waals surface area (Å²) >= 11 is 3.27. The van der Waals surface area contributed by atoms with Crippen LogP contribution in [0.15, 0.2) is 0 Å². The van der Waals surface area contributed by atoms with Crippen molar-refractivity contribution in [1.29, 1.82) is 0 Å². The van der Waals surface area contributed by atoms with E-state index in [1.807, 2.05) is 0 Å². The zero-order valence-corrected chi connectivity index (χ0v) is 9.34. The Bertz CT molecular complexity index is 147. The van der Waals surface area contributed by atoms with E-state index in [2.05, 4.69) is 12.6 Å². The van der Waals surface area contributed by atoms with E-state index < -0.39 is 23.6 Å². The maximum atomic E-state index is 10.00. The molecule has 0 spiro atoms. The largest absolute Gasteiger partial charge is 1.00 e. The standard InChI is InChI=1S/C4H6O4S.Li.Sb.H/c5-2(4(7)8)1-3(6)9;;;/h2,5H,1H2,(H,6,9)(H,7,8);;;/q;+1;;-1. The molecule has 1 unspecified atom stereocenters. The fraction of sp³-hybridized carbons (Fsp3) is 0.500. The minimum atomic E-state index is -1.62. The number of thiol groups is 1. The van der Waals surface area contributed by atoms with Crippen molar-refractivity contribution in [3.05, 3.63) is 0 Å². The molecule has 1 atom stereocenters. The predicted octanol–water partition coefficient (Wildman–Crippen LogP) is -3.99. The van der Waals surface area contributed by atoms with E-state index >= 15 is 0 Å². The number of aliphatic hydroxyl groups is 1. The van der Waals surface area contributed by atoms with Crippen LogP contribution >= 0.6 is 12.6 Å². The van der Waals surface area contributed by atoms with Gasteiger partial charge in [-0.1, -0.05) is 0 Å². The first kappa shape index (κ1) is 17.8. The van der Waals surface area contributed by atoms with Gasteiger partial charge in [-0.3, -0.25) is 4.79 Å². The Labute approximate surface area is 100 Å².